The predicted octanol–water partition coefficient (Wildman–Crippen LogP) is 2.65. The van der Waals surface area contributed by atoms with E-state index in [1.807, 2.05) is 31.2 Å². The monoisotopic (exact) mass is 348 g/mol. The Morgan fingerprint density at radius 1 is 1.28 bits per heavy atom. The van der Waals surface area contributed by atoms with Crippen LogP contribution >= 0.6 is 0 Å². The molecule has 6 heteroatoms. The lowest BCUT2D eigenvalue weighted by molar-refractivity contribution is -0.137. The molecule has 0 radical (unpaired) electrons. The molecule has 1 saturated heterocycles. The lowest BCUT2D eigenvalue weighted by Crippen LogP contribution is -2.52. The van der Waals surface area contributed by atoms with Crippen LogP contribution in [0.5, 0.6) is 0 Å². The molecule has 1 aromatic rings. The maximum Gasteiger partial charge on any atom is 0.304 e. The number of benzene rings is 1. The number of anilines is 1. The van der Waals surface area contributed by atoms with Gasteiger partial charge in [-0.1, -0.05) is 19.1 Å². The molecular formula is C19H28N2O4. The van der Waals surface area contributed by atoms with Crippen LogP contribution in [0, 0.1) is 0 Å². The number of hydrogen-bond donors (Lipinski definition) is 2. The largest absolute Gasteiger partial charge is 0.481 e. The van der Waals surface area contributed by atoms with Gasteiger partial charge in [0.25, 0.3) is 0 Å². The van der Waals surface area contributed by atoms with Gasteiger partial charge in [-0.2, -0.15) is 0 Å². The molecule has 0 aliphatic carbocycles. The Kier molecular flexibility index (Phi) is 6.96. The summed E-state index contributed by atoms with van der Waals surface area (Å²) in [5.74, 6) is -0.645. The van der Waals surface area contributed by atoms with Gasteiger partial charge in [0, 0.05) is 44.4 Å². The summed E-state index contributed by atoms with van der Waals surface area (Å²) in [5, 5.41) is 12.4. The Labute approximate surface area is 149 Å². The van der Waals surface area contributed by atoms with E-state index in [9.17, 15) is 9.59 Å². The number of hydrogen-bond acceptors (Lipinski definition) is 5. The Morgan fingerprint density at radius 3 is 2.56 bits per heavy atom. The second kappa shape index (κ2) is 8.97. The molecule has 0 aromatic heterocycles. The fourth-order valence-electron chi connectivity index (χ4n) is 3.35. The number of methoxy groups -OCH3 is 1. The standard InChI is InChI=1S/C19H28N2O4/c1-3-17(22)15-6-4-5-7-16(15)20-19(14-25-2)9-12-21(13-10-19)11-8-18(23)24/h4-7,20H,3,8-14H2,1-2H3,(H,23,24). The van der Waals surface area contributed by atoms with E-state index in [2.05, 4.69) is 10.2 Å². The predicted molar refractivity (Wildman–Crippen MR) is 97.2 cm³/mol. The summed E-state index contributed by atoms with van der Waals surface area (Å²) in [4.78, 5) is 25.1. The van der Waals surface area contributed by atoms with Gasteiger partial charge in [0.1, 0.15) is 0 Å². The fraction of sp³-hybridized carbons (Fsp3) is 0.579. The van der Waals surface area contributed by atoms with Crippen molar-refractivity contribution in [3.8, 4) is 0 Å². The smallest absolute Gasteiger partial charge is 0.304 e. The maximum absolute atomic E-state index is 12.2. The first-order valence-electron chi connectivity index (χ1n) is 8.83. The zero-order valence-corrected chi connectivity index (χ0v) is 15.1. The number of piperidine rings is 1. The van der Waals surface area contributed by atoms with E-state index >= 15 is 0 Å². The van der Waals surface area contributed by atoms with Crippen LogP contribution in [0.3, 0.4) is 0 Å². The summed E-state index contributed by atoms with van der Waals surface area (Å²) in [7, 11) is 1.68. The van der Waals surface area contributed by atoms with E-state index in [0.717, 1.165) is 31.6 Å². The summed E-state index contributed by atoms with van der Waals surface area (Å²) in [5.41, 5.74) is 1.33. The molecule has 1 aliphatic rings. The van der Waals surface area contributed by atoms with Gasteiger partial charge in [-0.15, -0.1) is 0 Å². The van der Waals surface area contributed by atoms with Crippen molar-refractivity contribution >= 4 is 17.4 Å². The molecule has 1 heterocycles. The normalized spacial score (nSPS) is 17.2. The fourth-order valence-corrected chi connectivity index (χ4v) is 3.35. The van der Waals surface area contributed by atoms with E-state index in [4.69, 9.17) is 9.84 Å². The number of carbonyl (C=O) groups is 2. The lowest BCUT2D eigenvalue weighted by atomic mass is 9.87. The van der Waals surface area contributed by atoms with Gasteiger partial charge in [-0.25, -0.2) is 0 Å². The molecule has 138 valence electrons. The number of nitrogens with one attached hydrogen (secondary N) is 1. The number of nitrogens with zero attached hydrogens (tertiary/aromatic N) is 1. The minimum atomic E-state index is -0.765. The highest BCUT2D eigenvalue weighted by Gasteiger charge is 2.35. The van der Waals surface area contributed by atoms with Gasteiger partial charge in [0.15, 0.2) is 5.78 Å². The van der Waals surface area contributed by atoms with Crippen LogP contribution in [-0.2, 0) is 9.53 Å². The van der Waals surface area contributed by atoms with Gasteiger partial charge >= 0.3 is 5.97 Å². The number of carboxylic acids is 1. The zero-order chi connectivity index (χ0) is 18.3. The second-order valence-electron chi connectivity index (χ2n) is 6.65. The number of aliphatic carboxylic acids is 1. The zero-order valence-electron chi connectivity index (χ0n) is 15.1. The molecular weight excluding hydrogens is 320 g/mol. The molecule has 0 atom stereocenters. The highest BCUT2D eigenvalue weighted by molar-refractivity contribution is 6.01. The van der Waals surface area contributed by atoms with Gasteiger partial charge in [0.05, 0.1) is 18.6 Å². The first-order valence-corrected chi connectivity index (χ1v) is 8.83. The maximum atomic E-state index is 12.2. The summed E-state index contributed by atoms with van der Waals surface area (Å²) >= 11 is 0. The second-order valence-corrected chi connectivity index (χ2v) is 6.65. The van der Waals surface area contributed by atoms with Crippen LogP contribution in [0.4, 0.5) is 5.69 Å². The molecule has 0 saturated carbocycles. The van der Waals surface area contributed by atoms with Gasteiger partial charge in [0.2, 0.25) is 0 Å². The molecule has 0 bridgehead atoms. The third-order valence-corrected chi connectivity index (χ3v) is 4.82. The topological polar surface area (TPSA) is 78.9 Å². The van der Waals surface area contributed by atoms with Crippen LogP contribution in [0.15, 0.2) is 24.3 Å². The number of rotatable bonds is 9. The van der Waals surface area contributed by atoms with Gasteiger partial charge < -0.3 is 20.1 Å². The summed E-state index contributed by atoms with van der Waals surface area (Å²) in [6.45, 7) is 4.61. The number of ether oxygens (including phenoxy) is 1. The molecule has 1 aromatic carbocycles. The van der Waals surface area contributed by atoms with E-state index < -0.39 is 5.97 Å². The van der Waals surface area contributed by atoms with Crippen molar-refractivity contribution in [3.63, 3.8) is 0 Å². The molecule has 2 N–H and O–H groups in total. The van der Waals surface area contributed by atoms with Crippen LogP contribution < -0.4 is 5.32 Å². The average molecular weight is 348 g/mol. The number of likely N-dealkylation sites (tertiary alicyclic amines) is 1. The molecule has 0 unspecified atom stereocenters. The van der Waals surface area contributed by atoms with Crippen LogP contribution in [-0.4, -0.2) is 60.6 Å². The molecule has 2 rings (SSSR count). The van der Waals surface area contributed by atoms with Crippen LogP contribution in [0.25, 0.3) is 0 Å². The molecule has 0 spiro atoms. The first kappa shape index (κ1) is 19.4. The van der Waals surface area contributed by atoms with Crippen molar-refractivity contribution in [3.05, 3.63) is 29.8 Å². The Balaban J connectivity index is 2.09. The van der Waals surface area contributed by atoms with E-state index in [1.165, 1.54) is 0 Å². The quantitative estimate of drug-likeness (QED) is 0.668. The average Bonchev–Trinajstić information content (AvgIpc) is 2.61. The molecule has 1 fully saturated rings. The lowest BCUT2D eigenvalue weighted by Gasteiger charge is -2.43. The number of Topliss-reactive ketones (excluding diaryl/α,β-unsaturated/α-hetero) is 1. The van der Waals surface area contributed by atoms with E-state index in [1.54, 1.807) is 7.11 Å². The van der Waals surface area contributed by atoms with Crippen LogP contribution in [0.1, 0.15) is 43.0 Å². The molecule has 6 nitrogen and oxygen atoms in total. The van der Waals surface area contributed by atoms with Crippen molar-refractivity contribution in [1.29, 1.82) is 0 Å². The summed E-state index contributed by atoms with van der Waals surface area (Å²) < 4.78 is 5.46. The van der Waals surface area contributed by atoms with Crippen molar-refractivity contribution in [1.82, 2.24) is 4.90 Å². The molecule has 25 heavy (non-hydrogen) atoms. The Hall–Kier alpha value is -1.92. The first-order chi connectivity index (χ1) is 12.0. The number of carboxylic acid groups (broad SMARTS) is 1. The SMILES string of the molecule is CCC(=O)c1ccccc1NC1(COC)CCN(CCC(=O)O)CC1. The highest BCUT2D eigenvalue weighted by atomic mass is 16.5. The van der Waals surface area contributed by atoms with Gasteiger partial charge in [-0.3, -0.25) is 9.59 Å². The van der Waals surface area contributed by atoms with Crippen molar-refractivity contribution in [2.45, 2.75) is 38.1 Å². The highest BCUT2D eigenvalue weighted by Crippen LogP contribution is 2.29. The third-order valence-electron chi connectivity index (χ3n) is 4.82. The minimum absolute atomic E-state index is 0.120. The Morgan fingerprint density at radius 2 is 1.96 bits per heavy atom. The summed E-state index contributed by atoms with van der Waals surface area (Å²) in [6.07, 6.45) is 2.32. The number of para-hydroxylation sites is 1. The van der Waals surface area contributed by atoms with E-state index in [0.29, 0.717) is 25.1 Å². The Bertz CT molecular complexity index is 595. The van der Waals surface area contributed by atoms with Gasteiger partial charge in [-0.05, 0) is 25.0 Å². The number of carbonyl (C=O) groups excluding carboxylic acids is 1. The third kappa shape index (κ3) is 5.28. The van der Waals surface area contributed by atoms with Crippen molar-refractivity contribution < 1.29 is 19.4 Å². The molecule has 1 aliphatic heterocycles. The molecule has 0 amide bonds. The van der Waals surface area contributed by atoms with E-state index in [-0.39, 0.29) is 17.7 Å². The number of ketones is 1. The van der Waals surface area contributed by atoms with Crippen LogP contribution in [0.2, 0.25) is 0 Å². The van der Waals surface area contributed by atoms with Crippen molar-refractivity contribution in [2.75, 3.05) is 38.7 Å². The minimum Gasteiger partial charge on any atom is -0.481 e. The van der Waals surface area contributed by atoms with Crippen molar-refractivity contribution in [2.24, 2.45) is 0 Å². The summed E-state index contributed by atoms with van der Waals surface area (Å²) in [6, 6.07) is 7.61.